The van der Waals surface area contributed by atoms with Gasteiger partial charge in [-0.25, -0.2) is 0 Å². The molecule has 1 saturated carbocycles. The van der Waals surface area contributed by atoms with Gasteiger partial charge >= 0.3 is 0 Å². The summed E-state index contributed by atoms with van der Waals surface area (Å²) >= 11 is 0. The zero-order valence-corrected chi connectivity index (χ0v) is 11.0. The molecule has 3 unspecified atom stereocenters. The van der Waals surface area contributed by atoms with Crippen molar-refractivity contribution in [1.82, 2.24) is 10.2 Å². The first-order valence-electron chi connectivity index (χ1n) is 7.26. The van der Waals surface area contributed by atoms with Crippen molar-refractivity contribution in [2.75, 3.05) is 13.6 Å². The van der Waals surface area contributed by atoms with Gasteiger partial charge in [0.15, 0.2) is 0 Å². The third-order valence-corrected chi connectivity index (χ3v) is 4.63. The number of hydrogen-bond donors (Lipinski definition) is 1. The van der Waals surface area contributed by atoms with Gasteiger partial charge in [0.1, 0.15) is 0 Å². The van der Waals surface area contributed by atoms with E-state index in [1.807, 2.05) is 0 Å². The summed E-state index contributed by atoms with van der Waals surface area (Å²) in [6.07, 6.45) is 11.4. The van der Waals surface area contributed by atoms with Crippen LogP contribution in [0, 0.1) is 0 Å². The van der Waals surface area contributed by atoms with E-state index in [0.717, 1.165) is 18.1 Å². The van der Waals surface area contributed by atoms with Crippen LogP contribution >= 0.6 is 0 Å². The first kappa shape index (κ1) is 12.4. The molecule has 0 aromatic heterocycles. The second-order valence-corrected chi connectivity index (χ2v) is 5.68. The largest absolute Gasteiger partial charge is 0.315 e. The number of likely N-dealkylation sites (tertiary alicyclic amines) is 1. The van der Waals surface area contributed by atoms with E-state index in [0.29, 0.717) is 0 Å². The van der Waals surface area contributed by atoms with Gasteiger partial charge in [0.05, 0.1) is 0 Å². The van der Waals surface area contributed by atoms with E-state index in [1.54, 1.807) is 0 Å². The first-order chi connectivity index (χ1) is 7.83. The van der Waals surface area contributed by atoms with Gasteiger partial charge in [-0.2, -0.15) is 0 Å². The van der Waals surface area contributed by atoms with Crippen molar-refractivity contribution in [2.45, 2.75) is 76.4 Å². The molecular weight excluding hydrogens is 196 g/mol. The van der Waals surface area contributed by atoms with Crippen LogP contribution in [0.1, 0.15) is 58.3 Å². The minimum atomic E-state index is 0.745. The molecule has 0 bridgehead atoms. The molecule has 1 saturated heterocycles. The summed E-state index contributed by atoms with van der Waals surface area (Å²) < 4.78 is 0. The van der Waals surface area contributed by atoms with Crippen LogP contribution in [-0.4, -0.2) is 36.6 Å². The van der Waals surface area contributed by atoms with Crippen LogP contribution in [-0.2, 0) is 0 Å². The molecule has 1 N–H and O–H groups in total. The van der Waals surface area contributed by atoms with E-state index < -0.39 is 0 Å². The Morgan fingerprint density at radius 2 is 1.69 bits per heavy atom. The van der Waals surface area contributed by atoms with Crippen molar-refractivity contribution < 1.29 is 0 Å². The molecule has 0 amide bonds. The van der Waals surface area contributed by atoms with Crippen molar-refractivity contribution >= 4 is 0 Å². The Hall–Kier alpha value is -0.0800. The van der Waals surface area contributed by atoms with Crippen molar-refractivity contribution in [3.63, 3.8) is 0 Å². The van der Waals surface area contributed by atoms with Gasteiger partial charge in [0, 0.05) is 18.1 Å². The van der Waals surface area contributed by atoms with Gasteiger partial charge in [-0.1, -0.05) is 25.7 Å². The Morgan fingerprint density at radius 3 is 2.50 bits per heavy atom. The van der Waals surface area contributed by atoms with Crippen LogP contribution < -0.4 is 5.32 Å². The average Bonchev–Trinajstić information content (AvgIpc) is 2.54. The standard InChI is InChI=1S/C14H28N2/c1-12-8-4-3-7-11-16(12)14-10-6-5-9-13(14)15-2/h12-15H,3-11H2,1-2H3. The number of nitrogens with zero attached hydrogens (tertiary/aromatic N) is 1. The fraction of sp³-hybridized carbons (Fsp3) is 1.00. The smallest absolute Gasteiger partial charge is 0.0252 e. The molecular formula is C14H28N2. The van der Waals surface area contributed by atoms with Crippen molar-refractivity contribution in [3.8, 4) is 0 Å². The third kappa shape index (κ3) is 2.78. The molecule has 0 aromatic rings. The van der Waals surface area contributed by atoms with Crippen LogP contribution in [0.2, 0.25) is 0 Å². The lowest BCUT2D eigenvalue weighted by Gasteiger charge is -2.42. The van der Waals surface area contributed by atoms with E-state index in [9.17, 15) is 0 Å². The van der Waals surface area contributed by atoms with Gasteiger partial charge in [-0.15, -0.1) is 0 Å². The molecule has 0 aromatic carbocycles. The number of rotatable bonds is 2. The summed E-state index contributed by atoms with van der Waals surface area (Å²) in [6.45, 7) is 3.77. The maximum atomic E-state index is 3.55. The van der Waals surface area contributed by atoms with Crippen molar-refractivity contribution in [3.05, 3.63) is 0 Å². The monoisotopic (exact) mass is 224 g/mol. The van der Waals surface area contributed by atoms with E-state index >= 15 is 0 Å². The molecule has 2 fully saturated rings. The number of hydrogen-bond acceptors (Lipinski definition) is 2. The van der Waals surface area contributed by atoms with Gasteiger partial charge < -0.3 is 5.32 Å². The molecule has 0 radical (unpaired) electrons. The highest BCUT2D eigenvalue weighted by Crippen LogP contribution is 2.28. The fourth-order valence-electron chi connectivity index (χ4n) is 3.63. The Bertz CT molecular complexity index is 205. The van der Waals surface area contributed by atoms with Crippen molar-refractivity contribution in [2.24, 2.45) is 0 Å². The SMILES string of the molecule is CNC1CCCCC1N1CCCCCC1C. The van der Waals surface area contributed by atoms with Crippen LogP contribution in [0.15, 0.2) is 0 Å². The Morgan fingerprint density at radius 1 is 0.938 bits per heavy atom. The molecule has 2 heteroatoms. The Balaban J connectivity index is 2.01. The molecule has 2 rings (SSSR count). The zero-order valence-electron chi connectivity index (χ0n) is 11.0. The van der Waals surface area contributed by atoms with E-state index in [-0.39, 0.29) is 0 Å². The van der Waals surface area contributed by atoms with Gasteiger partial charge in [-0.05, 0) is 46.2 Å². The molecule has 0 spiro atoms. The van der Waals surface area contributed by atoms with Crippen molar-refractivity contribution in [1.29, 1.82) is 0 Å². The van der Waals surface area contributed by atoms with Gasteiger partial charge in [0.2, 0.25) is 0 Å². The minimum Gasteiger partial charge on any atom is -0.315 e. The second-order valence-electron chi connectivity index (χ2n) is 5.68. The second kappa shape index (κ2) is 6.02. The summed E-state index contributed by atoms with van der Waals surface area (Å²) in [5.41, 5.74) is 0. The maximum Gasteiger partial charge on any atom is 0.0252 e. The Kier molecular flexibility index (Phi) is 4.66. The summed E-state index contributed by atoms with van der Waals surface area (Å²) in [6, 6.07) is 2.36. The molecule has 1 aliphatic carbocycles. The third-order valence-electron chi connectivity index (χ3n) is 4.63. The highest BCUT2D eigenvalue weighted by Gasteiger charge is 2.31. The normalized spacial score (nSPS) is 38.2. The van der Waals surface area contributed by atoms with Crippen LogP contribution in [0.3, 0.4) is 0 Å². The fourth-order valence-corrected chi connectivity index (χ4v) is 3.63. The lowest BCUT2D eigenvalue weighted by atomic mass is 9.88. The van der Waals surface area contributed by atoms with Crippen LogP contribution in [0.5, 0.6) is 0 Å². The van der Waals surface area contributed by atoms with E-state index in [2.05, 4.69) is 24.2 Å². The molecule has 16 heavy (non-hydrogen) atoms. The van der Waals surface area contributed by atoms with E-state index in [4.69, 9.17) is 0 Å². The van der Waals surface area contributed by atoms with Gasteiger partial charge in [-0.3, -0.25) is 4.90 Å². The molecule has 3 atom stereocenters. The Labute approximate surface area is 101 Å². The predicted octanol–water partition coefficient (Wildman–Crippen LogP) is 2.78. The summed E-state index contributed by atoms with van der Waals surface area (Å²) in [5, 5.41) is 3.55. The minimum absolute atomic E-state index is 0.745. The molecule has 1 aliphatic heterocycles. The molecule has 2 nitrogen and oxygen atoms in total. The van der Waals surface area contributed by atoms with E-state index in [1.165, 1.54) is 57.9 Å². The summed E-state index contributed by atoms with van der Waals surface area (Å²) in [7, 11) is 2.14. The predicted molar refractivity (Wildman–Crippen MR) is 69.7 cm³/mol. The van der Waals surface area contributed by atoms with Gasteiger partial charge in [0.25, 0.3) is 0 Å². The quantitative estimate of drug-likeness (QED) is 0.776. The summed E-state index contributed by atoms with van der Waals surface area (Å²) in [5.74, 6) is 0. The molecule has 2 aliphatic rings. The lowest BCUT2D eigenvalue weighted by molar-refractivity contribution is 0.0903. The average molecular weight is 224 g/mol. The van der Waals surface area contributed by atoms with Crippen LogP contribution in [0.25, 0.3) is 0 Å². The summed E-state index contributed by atoms with van der Waals surface area (Å²) in [4.78, 5) is 2.81. The lowest BCUT2D eigenvalue weighted by Crippen LogP contribution is -2.53. The number of nitrogens with one attached hydrogen (secondary N) is 1. The molecule has 1 heterocycles. The highest BCUT2D eigenvalue weighted by molar-refractivity contribution is 4.90. The maximum absolute atomic E-state index is 3.55. The zero-order chi connectivity index (χ0) is 11.4. The first-order valence-corrected chi connectivity index (χ1v) is 7.26. The molecule has 94 valence electrons. The van der Waals surface area contributed by atoms with Crippen LogP contribution in [0.4, 0.5) is 0 Å². The highest BCUT2D eigenvalue weighted by atomic mass is 15.2. The number of likely N-dealkylation sites (N-methyl/N-ethyl adjacent to an activating group) is 1. The topological polar surface area (TPSA) is 15.3 Å².